The minimum Gasteiger partial charge on any atom is -0.493 e. The van der Waals surface area contributed by atoms with E-state index in [0.717, 1.165) is 30.2 Å². The molecule has 0 saturated heterocycles. The highest BCUT2D eigenvalue weighted by molar-refractivity contribution is 5.76. The number of rotatable bonds is 5. The minimum atomic E-state index is -0.461. The first-order valence-electron chi connectivity index (χ1n) is 8.53. The van der Waals surface area contributed by atoms with Gasteiger partial charge in [-0.2, -0.15) is 0 Å². The van der Waals surface area contributed by atoms with Crippen LogP contribution in [0.3, 0.4) is 0 Å². The van der Waals surface area contributed by atoms with Gasteiger partial charge in [-0.1, -0.05) is 6.92 Å². The van der Waals surface area contributed by atoms with E-state index in [9.17, 15) is 9.18 Å². The average molecular weight is 302 g/mol. The second-order valence-electron chi connectivity index (χ2n) is 7.74. The second kappa shape index (κ2) is 5.07. The molecule has 0 bridgehead atoms. The molecule has 4 rings (SSSR count). The Morgan fingerprint density at radius 2 is 2.18 bits per heavy atom. The molecule has 0 spiro atoms. The summed E-state index contributed by atoms with van der Waals surface area (Å²) < 4.78 is 20.1. The highest BCUT2D eigenvalue weighted by Crippen LogP contribution is 2.59. The summed E-state index contributed by atoms with van der Waals surface area (Å²) in [4.78, 5) is 11.0. The van der Waals surface area contributed by atoms with E-state index in [1.165, 1.54) is 31.7 Å². The summed E-state index contributed by atoms with van der Waals surface area (Å²) >= 11 is 0. The number of benzene rings is 1. The fourth-order valence-electron chi connectivity index (χ4n) is 4.64. The van der Waals surface area contributed by atoms with Crippen LogP contribution in [0.2, 0.25) is 0 Å². The summed E-state index contributed by atoms with van der Waals surface area (Å²) in [7, 11) is 0. The van der Waals surface area contributed by atoms with Gasteiger partial charge in [0.25, 0.3) is 0 Å². The molecule has 0 N–H and O–H groups in total. The van der Waals surface area contributed by atoms with Gasteiger partial charge in [-0.15, -0.1) is 0 Å². The molecule has 3 aliphatic rings. The Balaban J connectivity index is 1.55. The predicted octanol–water partition coefficient (Wildman–Crippen LogP) is 4.72. The molecule has 3 saturated carbocycles. The number of carbonyl (C=O) groups is 1. The van der Waals surface area contributed by atoms with Crippen LogP contribution in [0.1, 0.15) is 67.3 Å². The van der Waals surface area contributed by atoms with Crippen molar-refractivity contribution in [3.63, 3.8) is 0 Å². The zero-order chi connectivity index (χ0) is 15.3. The summed E-state index contributed by atoms with van der Waals surface area (Å²) in [6.07, 6.45) is 7.96. The molecule has 3 atom stereocenters. The third kappa shape index (κ3) is 2.26. The fraction of sp³-hybridized carbons (Fsp3) is 0.632. The van der Waals surface area contributed by atoms with Crippen LogP contribution in [0.5, 0.6) is 5.75 Å². The molecule has 2 nitrogen and oxygen atoms in total. The SMILES string of the molecule is CC1CC2CCC2(COc2cc(F)c(C=O)cc2C2CC2)C1. The first kappa shape index (κ1) is 14.2. The number of ether oxygens (including phenoxy) is 1. The fourth-order valence-corrected chi connectivity index (χ4v) is 4.64. The van der Waals surface area contributed by atoms with Gasteiger partial charge in [-0.25, -0.2) is 4.39 Å². The van der Waals surface area contributed by atoms with Crippen LogP contribution in [0.25, 0.3) is 0 Å². The van der Waals surface area contributed by atoms with Gasteiger partial charge < -0.3 is 4.74 Å². The van der Waals surface area contributed by atoms with Crippen molar-refractivity contribution in [2.75, 3.05) is 6.61 Å². The molecule has 0 aromatic heterocycles. The normalized spacial score (nSPS) is 33.2. The van der Waals surface area contributed by atoms with E-state index in [2.05, 4.69) is 6.92 Å². The van der Waals surface area contributed by atoms with Gasteiger partial charge in [-0.3, -0.25) is 4.79 Å². The Morgan fingerprint density at radius 1 is 1.36 bits per heavy atom. The second-order valence-corrected chi connectivity index (χ2v) is 7.74. The van der Waals surface area contributed by atoms with Crippen molar-refractivity contribution in [3.8, 4) is 5.75 Å². The molecule has 0 radical (unpaired) electrons. The van der Waals surface area contributed by atoms with E-state index in [0.29, 0.717) is 30.0 Å². The number of fused-ring (bicyclic) bond motifs is 1. The van der Waals surface area contributed by atoms with E-state index >= 15 is 0 Å². The van der Waals surface area contributed by atoms with Crippen LogP contribution in [-0.4, -0.2) is 12.9 Å². The molecule has 0 aliphatic heterocycles. The van der Waals surface area contributed by atoms with Crippen LogP contribution in [0.15, 0.2) is 12.1 Å². The highest BCUT2D eigenvalue weighted by atomic mass is 19.1. The van der Waals surface area contributed by atoms with Crippen LogP contribution in [0, 0.1) is 23.1 Å². The molecule has 0 amide bonds. The molecular formula is C19H23FO2. The molecule has 0 heterocycles. The van der Waals surface area contributed by atoms with Crippen molar-refractivity contribution < 1.29 is 13.9 Å². The Kier molecular flexibility index (Phi) is 3.28. The van der Waals surface area contributed by atoms with Crippen LogP contribution in [-0.2, 0) is 0 Å². The van der Waals surface area contributed by atoms with Crippen LogP contribution < -0.4 is 4.74 Å². The quantitative estimate of drug-likeness (QED) is 0.736. The zero-order valence-corrected chi connectivity index (χ0v) is 13.1. The lowest BCUT2D eigenvalue weighted by atomic mass is 9.62. The number of halogens is 1. The molecule has 1 aromatic rings. The van der Waals surface area contributed by atoms with Gasteiger partial charge in [-0.05, 0) is 67.9 Å². The van der Waals surface area contributed by atoms with Gasteiger partial charge in [0, 0.05) is 11.5 Å². The number of hydrogen-bond donors (Lipinski definition) is 0. The molecule has 118 valence electrons. The summed E-state index contributed by atoms with van der Waals surface area (Å²) in [6.45, 7) is 3.04. The zero-order valence-electron chi connectivity index (χ0n) is 13.1. The van der Waals surface area contributed by atoms with Gasteiger partial charge in [0.05, 0.1) is 12.2 Å². The Morgan fingerprint density at radius 3 is 2.77 bits per heavy atom. The van der Waals surface area contributed by atoms with Crippen LogP contribution >= 0.6 is 0 Å². The van der Waals surface area contributed by atoms with E-state index in [1.807, 2.05) is 0 Å². The van der Waals surface area contributed by atoms with E-state index in [4.69, 9.17) is 4.74 Å². The third-order valence-electron chi connectivity index (χ3n) is 6.09. The average Bonchev–Trinajstić information content (AvgIpc) is 3.29. The maximum absolute atomic E-state index is 14.0. The summed E-state index contributed by atoms with van der Waals surface area (Å²) in [6, 6.07) is 3.13. The lowest BCUT2D eigenvalue weighted by Gasteiger charge is -2.44. The molecule has 3 unspecified atom stereocenters. The third-order valence-corrected chi connectivity index (χ3v) is 6.09. The van der Waals surface area contributed by atoms with Gasteiger partial charge >= 0.3 is 0 Å². The van der Waals surface area contributed by atoms with Crippen molar-refractivity contribution in [2.45, 2.75) is 51.4 Å². The van der Waals surface area contributed by atoms with E-state index in [-0.39, 0.29) is 5.56 Å². The summed E-state index contributed by atoms with van der Waals surface area (Å²) in [5.74, 6) is 2.24. The largest absolute Gasteiger partial charge is 0.493 e. The first-order chi connectivity index (χ1) is 10.6. The molecule has 3 heteroatoms. The number of hydrogen-bond acceptors (Lipinski definition) is 2. The smallest absolute Gasteiger partial charge is 0.153 e. The lowest BCUT2D eigenvalue weighted by molar-refractivity contribution is 0.00901. The first-order valence-corrected chi connectivity index (χ1v) is 8.53. The maximum Gasteiger partial charge on any atom is 0.153 e. The Hall–Kier alpha value is -1.38. The molecule has 3 aliphatic carbocycles. The standard InChI is InChI=1S/C19H23FO2/c1-12-6-15-4-5-19(15,9-12)11-22-18-8-17(20)14(10-21)7-16(18)13-2-3-13/h7-8,10,12-13,15H,2-6,9,11H2,1H3. The molecule has 22 heavy (non-hydrogen) atoms. The van der Waals surface area contributed by atoms with Gasteiger partial charge in [0.15, 0.2) is 6.29 Å². The highest BCUT2D eigenvalue weighted by Gasteiger charge is 2.52. The monoisotopic (exact) mass is 302 g/mol. The van der Waals surface area contributed by atoms with Gasteiger partial charge in [0.1, 0.15) is 11.6 Å². The minimum absolute atomic E-state index is 0.156. The predicted molar refractivity (Wildman–Crippen MR) is 82.8 cm³/mol. The summed E-state index contributed by atoms with van der Waals surface area (Å²) in [5, 5.41) is 0. The lowest BCUT2D eigenvalue weighted by Crippen LogP contribution is -2.41. The van der Waals surface area contributed by atoms with Gasteiger partial charge in [0.2, 0.25) is 0 Å². The topological polar surface area (TPSA) is 26.3 Å². The Labute approximate surface area is 131 Å². The van der Waals surface area contributed by atoms with Crippen LogP contribution in [0.4, 0.5) is 4.39 Å². The molecule has 3 fully saturated rings. The molecular weight excluding hydrogens is 279 g/mol. The maximum atomic E-state index is 14.0. The Bertz CT molecular complexity index is 608. The van der Waals surface area contributed by atoms with Crippen molar-refractivity contribution in [1.82, 2.24) is 0 Å². The van der Waals surface area contributed by atoms with Crippen molar-refractivity contribution in [1.29, 1.82) is 0 Å². The van der Waals surface area contributed by atoms with E-state index in [1.54, 1.807) is 6.07 Å². The number of carbonyl (C=O) groups excluding carboxylic acids is 1. The van der Waals surface area contributed by atoms with Crippen molar-refractivity contribution in [2.24, 2.45) is 17.3 Å². The van der Waals surface area contributed by atoms with Crippen molar-refractivity contribution >= 4 is 6.29 Å². The molecule has 1 aromatic carbocycles. The summed E-state index contributed by atoms with van der Waals surface area (Å²) in [5.41, 5.74) is 1.52. The van der Waals surface area contributed by atoms with E-state index < -0.39 is 5.82 Å². The number of aldehydes is 1. The van der Waals surface area contributed by atoms with Crippen molar-refractivity contribution in [3.05, 3.63) is 29.1 Å².